The second-order valence-corrected chi connectivity index (χ2v) is 5.78. The summed E-state index contributed by atoms with van der Waals surface area (Å²) in [5, 5.41) is 3.46. The molecule has 0 aliphatic carbocycles. The van der Waals surface area contributed by atoms with E-state index in [0.29, 0.717) is 18.2 Å². The quantitative estimate of drug-likeness (QED) is 0.638. The lowest BCUT2D eigenvalue weighted by Gasteiger charge is -2.08. The van der Waals surface area contributed by atoms with Crippen molar-refractivity contribution in [2.75, 3.05) is 13.2 Å². The Bertz CT molecular complexity index is 673. The van der Waals surface area contributed by atoms with E-state index in [1.807, 2.05) is 38.1 Å². The van der Waals surface area contributed by atoms with E-state index >= 15 is 0 Å². The average Bonchev–Trinajstić information content (AvgIpc) is 2.50. The zero-order valence-electron chi connectivity index (χ0n) is 13.3. The second-order valence-electron chi connectivity index (χ2n) is 5.35. The Labute approximate surface area is 141 Å². The molecular formula is C19H20ClNO2. The van der Waals surface area contributed by atoms with Crippen LogP contribution in [0.15, 0.2) is 48.5 Å². The van der Waals surface area contributed by atoms with Crippen LogP contribution in [-0.4, -0.2) is 19.1 Å². The Kier molecular flexibility index (Phi) is 6.24. The Balaban J connectivity index is 1.73. The molecule has 0 atom stereocenters. The molecule has 1 amide bonds. The molecule has 0 aromatic heterocycles. The molecule has 0 bridgehead atoms. The molecule has 2 aromatic rings. The number of rotatable bonds is 6. The van der Waals surface area contributed by atoms with Gasteiger partial charge in [-0.05, 0) is 60.9 Å². The number of amides is 1. The zero-order chi connectivity index (χ0) is 16.7. The lowest BCUT2D eigenvalue weighted by molar-refractivity contribution is -0.116. The van der Waals surface area contributed by atoms with Gasteiger partial charge in [-0.3, -0.25) is 4.79 Å². The van der Waals surface area contributed by atoms with Crippen LogP contribution in [0.25, 0.3) is 6.08 Å². The molecule has 0 radical (unpaired) electrons. The highest BCUT2D eigenvalue weighted by Crippen LogP contribution is 2.15. The summed E-state index contributed by atoms with van der Waals surface area (Å²) in [6, 6.07) is 13.3. The van der Waals surface area contributed by atoms with Gasteiger partial charge in [-0.2, -0.15) is 0 Å². The maximum absolute atomic E-state index is 11.7. The molecule has 0 saturated heterocycles. The van der Waals surface area contributed by atoms with Gasteiger partial charge in [0.2, 0.25) is 5.91 Å². The maximum Gasteiger partial charge on any atom is 0.244 e. The minimum absolute atomic E-state index is 0.149. The van der Waals surface area contributed by atoms with E-state index in [9.17, 15) is 4.79 Å². The minimum Gasteiger partial charge on any atom is -0.492 e. The lowest BCUT2D eigenvalue weighted by atomic mass is 10.1. The highest BCUT2D eigenvalue weighted by Gasteiger charge is 1.98. The van der Waals surface area contributed by atoms with Gasteiger partial charge in [0.25, 0.3) is 0 Å². The van der Waals surface area contributed by atoms with Crippen LogP contribution in [0.5, 0.6) is 5.75 Å². The third kappa shape index (κ3) is 6.17. The van der Waals surface area contributed by atoms with Crippen LogP contribution in [0.2, 0.25) is 5.02 Å². The normalized spacial score (nSPS) is 10.7. The van der Waals surface area contributed by atoms with Crippen LogP contribution >= 0.6 is 11.6 Å². The van der Waals surface area contributed by atoms with Gasteiger partial charge >= 0.3 is 0 Å². The summed E-state index contributed by atoms with van der Waals surface area (Å²) in [5.74, 6) is 0.678. The SMILES string of the molecule is Cc1cc(C)cc(OCCNC(=O)C=Cc2ccc(Cl)cc2)c1. The molecule has 0 saturated carbocycles. The Hall–Kier alpha value is -2.26. The number of aryl methyl sites for hydroxylation is 2. The van der Waals surface area contributed by atoms with Gasteiger partial charge in [-0.15, -0.1) is 0 Å². The number of carbonyl (C=O) groups is 1. The van der Waals surface area contributed by atoms with Crippen molar-refractivity contribution in [3.05, 3.63) is 70.3 Å². The first-order valence-corrected chi connectivity index (χ1v) is 7.83. The first-order chi connectivity index (χ1) is 11.0. The number of nitrogens with one attached hydrogen (secondary N) is 1. The Morgan fingerprint density at radius 1 is 1.13 bits per heavy atom. The van der Waals surface area contributed by atoms with E-state index in [1.54, 1.807) is 18.2 Å². The van der Waals surface area contributed by atoms with Crippen molar-refractivity contribution in [2.45, 2.75) is 13.8 Å². The lowest BCUT2D eigenvalue weighted by Crippen LogP contribution is -2.26. The number of carbonyl (C=O) groups excluding carboxylic acids is 1. The summed E-state index contributed by atoms with van der Waals surface area (Å²) >= 11 is 5.81. The van der Waals surface area contributed by atoms with Crippen LogP contribution in [-0.2, 0) is 4.79 Å². The van der Waals surface area contributed by atoms with Crippen LogP contribution in [0, 0.1) is 13.8 Å². The van der Waals surface area contributed by atoms with E-state index in [1.165, 1.54) is 6.08 Å². The third-order valence-corrected chi connectivity index (χ3v) is 3.41. The van der Waals surface area contributed by atoms with Crippen molar-refractivity contribution in [3.63, 3.8) is 0 Å². The number of halogens is 1. The van der Waals surface area contributed by atoms with Crippen LogP contribution in [0.4, 0.5) is 0 Å². The molecule has 2 aromatic carbocycles. The van der Waals surface area contributed by atoms with Crippen molar-refractivity contribution in [2.24, 2.45) is 0 Å². The van der Waals surface area contributed by atoms with Gasteiger partial charge in [0, 0.05) is 11.1 Å². The van der Waals surface area contributed by atoms with E-state index in [-0.39, 0.29) is 5.91 Å². The summed E-state index contributed by atoms with van der Waals surface area (Å²) in [4.78, 5) is 11.7. The Morgan fingerprint density at radius 3 is 2.43 bits per heavy atom. The zero-order valence-corrected chi connectivity index (χ0v) is 14.1. The molecule has 0 heterocycles. The highest BCUT2D eigenvalue weighted by molar-refractivity contribution is 6.30. The average molecular weight is 330 g/mol. The molecule has 2 rings (SSSR count). The van der Waals surface area contributed by atoms with E-state index in [4.69, 9.17) is 16.3 Å². The fourth-order valence-electron chi connectivity index (χ4n) is 2.16. The van der Waals surface area contributed by atoms with Gasteiger partial charge in [-0.25, -0.2) is 0 Å². The number of hydrogen-bond donors (Lipinski definition) is 1. The standard InChI is InChI=1S/C19H20ClNO2/c1-14-11-15(2)13-18(12-14)23-10-9-21-19(22)8-5-16-3-6-17(20)7-4-16/h3-8,11-13H,9-10H2,1-2H3,(H,21,22). The predicted molar refractivity (Wildman–Crippen MR) is 94.9 cm³/mol. The van der Waals surface area contributed by atoms with Crippen molar-refractivity contribution >= 4 is 23.6 Å². The molecule has 120 valence electrons. The monoisotopic (exact) mass is 329 g/mol. The number of benzene rings is 2. The van der Waals surface area contributed by atoms with Gasteiger partial charge in [0.1, 0.15) is 12.4 Å². The van der Waals surface area contributed by atoms with Gasteiger partial charge in [-0.1, -0.05) is 29.8 Å². The fourth-order valence-corrected chi connectivity index (χ4v) is 2.29. The van der Waals surface area contributed by atoms with Crippen molar-refractivity contribution in [1.82, 2.24) is 5.32 Å². The summed E-state index contributed by atoms with van der Waals surface area (Å²) in [6.45, 7) is 4.95. The summed E-state index contributed by atoms with van der Waals surface area (Å²) < 4.78 is 5.64. The first kappa shape index (κ1) is 17.1. The molecular weight excluding hydrogens is 310 g/mol. The molecule has 23 heavy (non-hydrogen) atoms. The third-order valence-electron chi connectivity index (χ3n) is 3.16. The molecule has 0 fully saturated rings. The molecule has 4 heteroatoms. The predicted octanol–water partition coefficient (Wildman–Crippen LogP) is 4.17. The molecule has 0 aliphatic heterocycles. The van der Waals surface area contributed by atoms with Crippen LogP contribution in [0.3, 0.4) is 0 Å². The second kappa shape index (κ2) is 8.39. The first-order valence-electron chi connectivity index (χ1n) is 7.45. The molecule has 1 N–H and O–H groups in total. The van der Waals surface area contributed by atoms with E-state index in [0.717, 1.165) is 22.4 Å². The van der Waals surface area contributed by atoms with E-state index < -0.39 is 0 Å². The van der Waals surface area contributed by atoms with Crippen molar-refractivity contribution < 1.29 is 9.53 Å². The molecule has 0 spiro atoms. The van der Waals surface area contributed by atoms with Crippen LogP contribution in [0.1, 0.15) is 16.7 Å². The summed E-state index contributed by atoms with van der Waals surface area (Å²) in [6.07, 6.45) is 3.25. The van der Waals surface area contributed by atoms with Gasteiger partial charge in [0.15, 0.2) is 0 Å². The highest BCUT2D eigenvalue weighted by atomic mass is 35.5. The smallest absolute Gasteiger partial charge is 0.244 e. The van der Waals surface area contributed by atoms with Gasteiger partial charge in [0.05, 0.1) is 6.54 Å². The molecule has 0 unspecified atom stereocenters. The maximum atomic E-state index is 11.7. The summed E-state index contributed by atoms with van der Waals surface area (Å²) in [7, 11) is 0. The number of hydrogen-bond acceptors (Lipinski definition) is 2. The summed E-state index contributed by atoms with van der Waals surface area (Å²) in [5.41, 5.74) is 3.25. The van der Waals surface area contributed by atoms with E-state index in [2.05, 4.69) is 11.4 Å². The molecule has 3 nitrogen and oxygen atoms in total. The largest absolute Gasteiger partial charge is 0.492 e. The van der Waals surface area contributed by atoms with Crippen LogP contribution < -0.4 is 10.1 Å². The topological polar surface area (TPSA) is 38.3 Å². The van der Waals surface area contributed by atoms with Gasteiger partial charge < -0.3 is 10.1 Å². The van der Waals surface area contributed by atoms with Crippen molar-refractivity contribution in [3.8, 4) is 5.75 Å². The Morgan fingerprint density at radius 2 is 1.78 bits per heavy atom. The van der Waals surface area contributed by atoms with Crippen molar-refractivity contribution in [1.29, 1.82) is 0 Å². The molecule has 0 aliphatic rings. The minimum atomic E-state index is -0.149. The number of ether oxygens (including phenoxy) is 1. The fraction of sp³-hybridized carbons (Fsp3) is 0.211.